The van der Waals surface area contributed by atoms with E-state index >= 15 is 0 Å². The molecule has 0 saturated heterocycles. The summed E-state index contributed by atoms with van der Waals surface area (Å²) >= 11 is 6.81. The van der Waals surface area contributed by atoms with Crippen LogP contribution in [0.5, 0.6) is 0 Å². The Labute approximate surface area is 136 Å². The summed E-state index contributed by atoms with van der Waals surface area (Å²) < 4.78 is 13.8. The van der Waals surface area contributed by atoms with Gasteiger partial charge in [-0.1, -0.05) is 41.1 Å². The Morgan fingerprint density at radius 1 is 1.35 bits per heavy atom. The summed E-state index contributed by atoms with van der Waals surface area (Å²) in [6.45, 7) is 1.95. The van der Waals surface area contributed by atoms with Crippen molar-refractivity contribution in [2.75, 3.05) is 0 Å². The van der Waals surface area contributed by atoms with E-state index in [1.165, 1.54) is 0 Å². The molecule has 100 valence electrons. The zero-order chi connectivity index (χ0) is 14.0. The van der Waals surface area contributed by atoms with Crippen molar-refractivity contribution >= 4 is 48.2 Å². The normalized spacial score (nSPS) is 9.95. The number of nitrogens with zero attached hydrogens (tertiary/aromatic N) is 1. The average Bonchev–Trinajstić information content (AvgIpc) is 2.35. The van der Waals surface area contributed by atoms with Crippen LogP contribution in [0.25, 0.3) is 0 Å². The molecule has 0 aliphatic rings. The Morgan fingerprint density at radius 2 is 1.95 bits per heavy atom. The van der Waals surface area contributed by atoms with Crippen LogP contribution in [-0.2, 0) is 0 Å². The van der Waals surface area contributed by atoms with Gasteiger partial charge in [-0.25, -0.2) is 14.2 Å². The van der Waals surface area contributed by atoms with E-state index in [1.54, 1.807) is 0 Å². The van der Waals surface area contributed by atoms with Crippen LogP contribution in [0.15, 0.2) is 40.3 Å². The van der Waals surface area contributed by atoms with E-state index < -0.39 is 11.8 Å². The molecular weight excluding hydrogens is 296 g/mol. The predicted octanol–water partition coefficient (Wildman–Crippen LogP) is 3.38. The van der Waals surface area contributed by atoms with Crippen molar-refractivity contribution in [3.8, 4) is 0 Å². The van der Waals surface area contributed by atoms with Gasteiger partial charge >= 0.3 is 24.8 Å². The molecule has 0 atom stereocenters. The molecule has 1 heterocycles. The monoisotopic (exact) mass is 305 g/mol. The number of aromatic carboxylic acids is 1. The van der Waals surface area contributed by atoms with Crippen molar-refractivity contribution in [2.24, 2.45) is 0 Å². The fourth-order valence-corrected chi connectivity index (χ4v) is 2.45. The van der Waals surface area contributed by atoms with Gasteiger partial charge in [-0.15, -0.1) is 0 Å². The van der Waals surface area contributed by atoms with Gasteiger partial charge in [0.15, 0.2) is 5.82 Å². The van der Waals surface area contributed by atoms with Crippen molar-refractivity contribution in [3.63, 3.8) is 0 Å². The Hall–Kier alpha value is -0.993. The molecule has 3 nitrogen and oxygen atoms in total. The van der Waals surface area contributed by atoms with Gasteiger partial charge in [-0.2, -0.15) is 0 Å². The Morgan fingerprint density at radius 3 is 2.50 bits per heavy atom. The van der Waals surface area contributed by atoms with Gasteiger partial charge in [0, 0.05) is 4.90 Å². The number of carboxylic acid groups (broad SMARTS) is 1. The summed E-state index contributed by atoms with van der Waals surface area (Å²) in [4.78, 5) is 15.4. The predicted molar refractivity (Wildman–Crippen MR) is 78.6 cm³/mol. The van der Waals surface area contributed by atoms with E-state index in [1.807, 2.05) is 31.2 Å². The van der Waals surface area contributed by atoms with E-state index in [-0.39, 0.29) is 34.6 Å². The molecule has 0 radical (unpaired) electrons. The van der Waals surface area contributed by atoms with Crippen LogP contribution < -0.4 is 0 Å². The second kappa shape index (κ2) is 7.14. The molecule has 7 heteroatoms. The number of carbonyl (C=O) groups is 1. The fraction of sp³-hybridized carbons (Fsp3) is 0.0769. The maximum absolute atomic E-state index is 13.8. The zero-order valence-corrected chi connectivity index (χ0v) is 11.4. The Kier molecular flexibility index (Phi) is 6.09. The van der Waals surface area contributed by atoms with Crippen LogP contribution in [0.2, 0.25) is 5.15 Å². The number of pyridine rings is 1. The molecule has 20 heavy (non-hydrogen) atoms. The third-order valence-electron chi connectivity index (χ3n) is 2.36. The molecule has 0 amide bonds. The minimum absolute atomic E-state index is 0. The van der Waals surface area contributed by atoms with E-state index in [4.69, 9.17) is 16.7 Å². The van der Waals surface area contributed by atoms with Gasteiger partial charge in [-0.05, 0) is 25.1 Å². The summed E-state index contributed by atoms with van der Waals surface area (Å²) in [5, 5.41) is 8.64. The second-order valence-corrected chi connectivity index (χ2v) is 5.25. The number of benzene rings is 1. The average molecular weight is 306 g/mol. The number of hydrogen-bond donors (Lipinski definition) is 1. The van der Waals surface area contributed by atoms with Crippen molar-refractivity contribution in [1.82, 2.24) is 4.98 Å². The molecule has 0 unspecified atom stereocenters. The van der Waals surface area contributed by atoms with E-state index in [9.17, 15) is 9.18 Å². The Bertz CT molecular complexity index is 637. The van der Waals surface area contributed by atoms with Crippen LogP contribution in [-0.4, -0.2) is 34.9 Å². The number of hydrogen-bond acceptors (Lipinski definition) is 3. The first-order valence-corrected chi connectivity index (χ1v) is 6.50. The van der Waals surface area contributed by atoms with Crippen LogP contribution in [0, 0.1) is 12.7 Å². The van der Waals surface area contributed by atoms with E-state index in [2.05, 4.69) is 4.98 Å². The number of rotatable bonds is 3. The zero-order valence-electron chi connectivity index (χ0n) is 9.85. The summed E-state index contributed by atoms with van der Waals surface area (Å²) in [5.41, 5.74) is 0.754. The first-order chi connectivity index (χ1) is 8.97. The molecule has 0 aliphatic carbocycles. The molecule has 0 bridgehead atoms. The molecule has 0 fully saturated rings. The van der Waals surface area contributed by atoms with E-state index in [0.717, 1.165) is 28.3 Å². The van der Waals surface area contributed by atoms with Crippen LogP contribution in [0.4, 0.5) is 4.39 Å². The van der Waals surface area contributed by atoms with Gasteiger partial charge < -0.3 is 5.11 Å². The molecule has 2 aromatic rings. The van der Waals surface area contributed by atoms with Crippen molar-refractivity contribution < 1.29 is 14.3 Å². The molecule has 0 aliphatic heterocycles. The summed E-state index contributed by atoms with van der Waals surface area (Å²) in [7, 11) is 0. The standard InChI is InChI=1S/C13H9ClFNO2S.Li.H/c1-7-2-4-8(5-3-7)19-12-10(15)6-9(13(17)18)11(14)16-12;;/h2-6H,1H3,(H,17,18);;. The van der Waals surface area contributed by atoms with Crippen molar-refractivity contribution in [3.05, 3.63) is 52.4 Å². The first-order valence-electron chi connectivity index (χ1n) is 5.31. The molecule has 0 saturated carbocycles. The number of carboxylic acids is 1. The van der Waals surface area contributed by atoms with E-state index in [0.29, 0.717) is 0 Å². The second-order valence-electron chi connectivity index (χ2n) is 3.83. The van der Waals surface area contributed by atoms with Crippen LogP contribution in [0.3, 0.4) is 0 Å². The maximum atomic E-state index is 13.8. The summed E-state index contributed by atoms with van der Waals surface area (Å²) in [5.74, 6) is -2.00. The molecule has 1 N–H and O–H groups in total. The molecule has 1 aromatic carbocycles. The third-order valence-corrected chi connectivity index (χ3v) is 3.64. The number of aryl methyl sites for hydroxylation is 1. The van der Waals surface area contributed by atoms with Gasteiger partial charge in [-0.3, -0.25) is 0 Å². The van der Waals surface area contributed by atoms with Gasteiger partial charge in [0.05, 0.1) is 5.56 Å². The van der Waals surface area contributed by atoms with Crippen molar-refractivity contribution in [1.29, 1.82) is 0 Å². The number of halogens is 2. The minimum atomic E-state index is -1.30. The molecular formula is C13H10ClFLiNO2S. The first kappa shape index (κ1) is 17.1. The SMILES string of the molecule is Cc1ccc(Sc2nc(Cl)c(C(=O)O)cc2F)cc1.[LiH]. The fourth-order valence-electron chi connectivity index (χ4n) is 1.39. The molecule has 1 aromatic heterocycles. The Balaban J connectivity index is 0.00000200. The molecule has 0 spiro atoms. The summed E-state index contributed by atoms with van der Waals surface area (Å²) in [6.07, 6.45) is 0. The van der Waals surface area contributed by atoms with Gasteiger partial charge in [0.1, 0.15) is 10.2 Å². The third kappa shape index (κ3) is 4.00. The van der Waals surface area contributed by atoms with Gasteiger partial charge in [0.2, 0.25) is 0 Å². The quantitative estimate of drug-likeness (QED) is 0.697. The van der Waals surface area contributed by atoms with Gasteiger partial charge in [0.25, 0.3) is 0 Å². The number of aromatic nitrogens is 1. The van der Waals surface area contributed by atoms with Crippen molar-refractivity contribution in [2.45, 2.75) is 16.8 Å². The topological polar surface area (TPSA) is 50.2 Å². The summed E-state index contributed by atoms with van der Waals surface area (Å²) in [6, 6.07) is 8.34. The molecule has 2 rings (SSSR count). The van der Waals surface area contributed by atoms with Crippen LogP contribution >= 0.6 is 23.4 Å². The van der Waals surface area contributed by atoms with Crippen LogP contribution in [0.1, 0.15) is 15.9 Å².